The third-order valence-corrected chi connectivity index (χ3v) is 7.42. The lowest BCUT2D eigenvalue weighted by molar-refractivity contribution is 0.0438. The highest BCUT2D eigenvalue weighted by Crippen LogP contribution is 2.28. The number of piperidine rings is 1. The van der Waals surface area contributed by atoms with Crippen LogP contribution in [0.25, 0.3) is 11.3 Å². The number of oxazole rings is 1. The van der Waals surface area contributed by atoms with Crippen molar-refractivity contribution in [2.45, 2.75) is 30.8 Å². The third kappa shape index (κ3) is 4.81. The molecule has 0 unspecified atom stereocenters. The highest BCUT2D eigenvalue weighted by molar-refractivity contribution is 7.89. The van der Waals surface area contributed by atoms with Crippen molar-refractivity contribution in [1.29, 1.82) is 0 Å². The van der Waals surface area contributed by atoms with Crippen LogP contribution in [-0.4, -0.2) is 36.8 Å². The van der Waals surface area contributed by atoms with Crippen LogP contribution in [0.4, 0.5) is 0 Å². The van der Waals surface area contributed by atoms with E-state index in [1.54, 1.807) is 6.20 Å². The zero-order valence-corrected chi connectivity index (χ0v) is 18.2. The van der Waals surface area contributed by atoms with Gasteiger partial charge in [0.2, 0.25) is 15.9 Å². The van der Waals surface area contributed by atoms with Crippen LogP contribution in [0, 0.1) is 0 Å². The van der Waals surface area contributed by atoms with Gasteiger partial charge in [-0.15, -0.1) is 0 Å². The number of hydrogen-bond acceptors (Lipinski definition) is 6. The number of nitrogens with zero attached hydrogens (tertiary/aromatic N) is 2. The number of carbonyl (C=O) groups excluding carboxylic acids is 1. The first-order valence-corrected chi connectivity index (χ1v) is 11.7. The van der Waals surface area contributed by atoms with Crippen LogP contribution in [0.3, 0.4) is 0 Å². The number of halogens is 1. The minimum atomic E-state index is -3.78. The van der Waals surface area contributed by atoms with Crippen molar-refractivity contribution in [3.63, 3.8) is 0 Å². The summed E-state index contributed by atoms with van der Waals surface area (Å²) in [7, 11) is -3.78. The maximum absolute atomic E-state index is 13.0. The molecule has 0 radical (unpaired) electrons. The molecule has 7 nitrogen and oxygen atoms in total. The first-order chi connectivity index (χ1) is 14.9. The van der Waals surface area contributed by atoms with E-state index in [0.717, 1.165) is 24.8 Å². The molecule has 0 saturated carbocycles. The zero-order valence-electron chi connectivity index (χ0n) is 16.7. The summed E-state index contributed by atoms with van der Waals surface area (Å²) >= 11 is 6.16. The van der Waals surface area contributed by atoms with Crippen LogP contribution in [0.2, 0.25) is 5.02 Å². The standard InChI is InChI=1S/C22H21ClN2O5S/c23-18-10-9-17(13-20(18)31(27,28)25-11-5-2-6-12-25)22(26)29-15-21-24-14-19(30-21)16-7-3-1-4-8-16/h1,3-4,7-10,13-14H,2,5-6,11-12,15H2. The van der Waals surface area contributed by atoms with Gasteiger partial charge < -0.3 is 9.15 Å². The molecule has 3 aromatic rings. The Bertz CT molecular complexity index is 1170. The van der Waals surface area contributed by atoms with E-state index in [1.165, 1.54) is 22.5 Å². The minimum absolute atomic E-state index is 0.0716. The second kappa shape index (κ2) is 9.21. The molecule has 1 fully saturated rings. The van der Waals surface area contributed by atoms with Crippen LogP contribution in [0.15, 0.2) is 64.0 Å². The Labute approximate surface area is 185 Å². The average molecular weight is 461 g/mol. The predicted octanol–water partition coefficient (Wildman–Crippen LogP) is 4.53. The number of hydrogen-bond donors (Lipinski definition) is 0. The van der Waals surface area contributed by atoms with Gasteiger partial charge in [0, 0.05) is 18.7 Å². The fourth-order valence-corrected chi connectivity index (χ4v) is 5.41. The van der Waals surface area contributed by atoms with E-state index in [-0.39, 0.29) is 28.0 Å². The summed E-state index contributed by atoms with van der Waals surface area (Å²) in [5, 5.41) is 0.0716. The first kappa shape index (κ1) is 21.5. The normalized spacial score (nSPS) is 15.0. The maximum atomic E-state index is 13.0. The lowest BCUT2D eigenvalue weighted by Gasteiger charge is -2.26. The van der Waals surface area contributed by atoms with Crippen molar-refractivity contribution in [3.05, 3.63) is 71.2 Å². The number of rotatable bonds is 6. The van der Waals surface area contributed by atoms with E-state index in [0.29, 0.717) is 18.8 Å². The Balaban J connectivity index is 1.47. The fourth-order valence-electron chi connectivity index (χ4n) is 3.40. The molecule has 4 rings (SSSR count). The minimum Gasteiger partial charge on any atom is -0.452 e. The maximum Gasteiger partial charge on any atom is 0.338 e. The van der Waals surface area contributed by atoms with E-state index >= 15 is 0 Å². The smallest absolute Gasteiger partial charge is 0.338 e. The molecule has 0 atom stereocenters. The monoisotopic (exact) mass is 460 g/mol. The average Bonchev–Trinajstić information content (AvgIpc) is 3.28. The van der Waals surface area contributed by atoms with E-state index in [4.69, 9.17) is 20.8 Å². The molecule has 0 aliphatic carbocycles. The van der Waals surface area contributed by atoms with Gasteiger partial charge >= 0.3 is 5.97 Å². The Morgan fingerprint density at radius 2 is 1.84 bits per heavy atom. The van der Waals surface area contributed by atoms with Gasteiger partial charge in [0.1, 0.15) is 4.90 Å². The molecule has 2 heterocycles. The topological polar surface area (TPSA) is 89.7 Å². The molecule has 0 amide bonds. The Morgan fingerprint density at radius 3 is 2.58 bits per heavy atom. The number of sulfonamides is 1. The summed E-state index contributed by atoms with van der Waals surface area (Å²) in [4.78, 5) is 16.6. The summed E-state index contributed by atoms with van der Waals surface area (Å²) in [6, 6.07) is 13.5. The molecule has 2 aromatic carbocycles. The first-order valence-electron chi connectivity index (χ1n) is 9.92. The fraction of sp³-hybridized carbons (Fsp3) is 0.273. The van der Waals surface area contributed by atoms with Gasteiger partial charge in [-0.2, -0.15) is 4.31 Å². The van der Waals surface area contributed by atoms with Crippen molar-refractivity contribution >= 4 is 27.6 Å². The lowest BCUT2D eigenvalue weighted by atomic mass is 10.2. The van der Waals surface area contributed by atoms with Crippen LogP contribution >= 0.6 is 11.6 Å². The van der Waals surface area contributed by atoms with Crippen LogP contribution < -0.4 is 0 Å². The molecule has 0 N–H and O–H groups in total. The number of aromatic nitrogens is 1. The van der Waals surface area contributed by atoms with Gasteiger partial charge in [0.25, 0.3) is 0 Å². The summed E-state index contributed by atoms with van der Waals surface area (Å²) < 4.78 is 38.2. The van der Waals surface area contributed by atoms with E-state index in [1.807, 2.05) is 30.3 Å². The highest BCUT2D eigenvalue weighted by atomic mass is 35.5. The lowest BCUT2D eigenvalue weighted by Crippen LogP contribution is -2.35. The molecule has 0 spiro atoms. The molecule has 1 aromatic heterocycles. The third-order valence-electron chi connectivity index (χ3n) is 5.04. The molecule has 9 heteroatoms. The number of esters is 1. The summed E-state index contributed by atoms with van der Waals surface area (Å²) in [5.41, 5.74) is 0.952. The van der Waals surface area contributed by atoms with Crippen molar-refractivity contribution in [2.24, 2.45) is 0 Å². The zero-order chi connectivity index (χ0) is 21.8. The van der Waals surface area contributed by atoms with Crippen molar-refractivity contribution < 1.29 is 22.4 Å². The van der Waals surface area contributed by atoms with Crippen LogP contribution in [-0.2, 0) is 21.4 Å². The molecular formula is C22H21ClN2O5S. The molecular weight excluding hydrogens is 440 g/mol. The summed E-state index contributed by atoms with van der Waals surface area (Å²) in [6.07, 6.45) is 4.17. The number of ether oxygens (including phenoxy) is 1. The van der Waals surface area contributed by atoms with Crippen molar-refractivity contribution in [2.75, 3.05) is 13.1 Å². The Kier molecular flexibility index (Phi) is 6.41. The second-order valence-electron chi connectivity index (χ2n) is 7.17. The summed E-state index contributed by atoms with van der Waals surface area (Å²) in [5.74, 6) is 0.113. The molecule has 0 bridgehead atoms. The van der Waals surface area contributed by atoms with Crippen molar-refractivity contribution in [1.82, 2.24) is 9.29 Å². The quantitative estimate of drug-likeness (QED) is 0.502. The van der Waals surface area contributed by atoms with E-state index < -0.39 is 16.0 Å². The molecule has 1 saturated heterocycles. The molecule has 31 heavy (non-hydrogen) atoms. The second-order valence-corrected chi connectivity index (χ2v) is 9.48. The van der Waals surface area contributed by atoms with Crippen LogP contribution in [0.5, 0.6) is 0 Å². The van der Waals surface area contributed by atoms with Gasteiger partial charge in [-0.05, 0) is 31.0 Å². The van der Waals surface area contributed by atoms with Gasteiger partial charge in [-0.1, -0.05) is 48.4 Å². The van der Waals surface area contributed by atoms with E-state index in [2.05, 4.69) is 4.98 Å². The Morgan fingerprint density at radius 1 is 1.10 bits per heavy atom. The van der Waals surface area contributed by atoms with Crippen molar-refractivity contribution in [3.8, 4) is 11.3 Å². The van der Waals surface area contributed by atoms with Gasteiger partial charge in [-0.3, -0.25) is 0 Å². The molecule has 1 aliphatic heterocycles. The molecule has 1 aliphatic rings. The van der Waals surface area contributed by atoms with Gasteiger partial charge in [-0.25, -0.2) is 18.2 Å². The van der Waals surface area contributed by atoms with Crippen LogP contribution in [0.1, 0.15) is 35.5 Å². The summed E-state index contributed by atoms with van der Waals surface area (Å²) in [6.45, 7) is 0.713. The number of carbonyl (C=O) groups is 1. The highest BCUT2D eigenvalue weighted by Gasteiger charge is 2.29. The van der Waals surface area contributed by atoms with Gasteiger partial charge in [0.05, 0.1) is 16.8 Å². The van der Waals surface area contributed by atoms with Gasteiger partial charge in [0.15, 0.2) is 12.4 Å². The predicted molar refractivity (Wildman–Crippen MR) is 115 cm³/mol. The number of benzene rings is 2. The van der Waals surface area contributed by atoms with E-state index in [9.17, 15) is 13.2 Å². The Hall–Kier alpha value is -2.68. The SMILES string of the molecule is O=C(OCc1ncc(-c2ccccc2)o1)c1ccc(Cl)c(S(=O)(=O)N2CCCCC2)c1. The molecule has 162 valence electrons. The largest absolute Gasteiger partial charge is 0.452 e.